The molecular formula is C14H16ClF3N2O. The molecule has 1 aromatic rings. The Kier molecular flexibility index (Phi) is 4.98. The van der Waals surface area contributed by atoms with E-state index in [0.717, 1.165) is 12.2 Å². The van der Waals surface area contributed by atoms with E-state index >= 15 is 0 Å². The summed E-state index contributed by atoms with van der Waals surface area (Å²) in [6.45, 7) is 1.32. The highest BCUT2D eigenvalue weighted by atomic mass is 35.5. The molecule has 21 heavy (non-hydrogen) atoms. The summed E-state index contributed by atoms with van der Waals surface area (Å²) in [4.78, 5) is 13.5. The fourth-order valence-corrected chi connectivity index (χ4v) is 2.53. The highest BCUT2D eigenvalue weighted by Gasteiger charge is 2.29. The second-order valence-electron chi connectivity index (χ2n) is 5.09. The molecule has 1 atom stereocenters. The molecule has 3 nitrogen and oxygen atoms in total. The van der Waals surface area contributed by atoms with Crippen LogP contribution in [-0.2, 0) is 4.79 Å². The predicted octanol–water partition coefficient (Wildman–Crippen LogP) is 3.38. The van der Waals surface area contributed by atoms with Crippen molar-refractivity contribution in [2.75, 3.05) is 18.0 Å². The fourth-order valence-electron chi connectivity index (χ4n) is 2.34. The zero-order valence-electron chi connectivity index (χ0n) is 11.3. The summed E-state index contributed by atoms with van der Waals surface area (Å²) in [6, 6.07) is 7.24. The average molecular weight is 321 g/mol. The summed E-state index contributed by atoms with van der Waals surface area (Å²) < 4.78 is 36.2. The number of rotatable bonds is 4. The van der Waals surface area contributed by atoms with Crippen LogP contribution in [0.2, 0.25) is 5.02 Å². The Labute approximate surface area is 126 Å². The number of hydrogen-bond donors (Lipinski definition) is 1. The van der Waals surface area contributed by atoms with Crippen LogP contribution in [-0.4, -0.2) is 31.2 Å². The van der Waals surface area contributed by atoms with Gasteiger partial charge in [-0.1, -0.05) is 17.7 Å². The van der Waals surface area contributed by atoms with E-state index in [2.05, 4.69) is 10.2 Å². The first-order valence-corrected chi connectivity index (χ1v) is 7.08. The van der Waals surface area contributed by atoms with Crippen LogP contribution in [0.5, 0.6) is 0 Å². The lowest BCUT2D eigenvalue weighted by Crippen LogP contribution is -2.37. The zero-order chi connectivity index (χ0) is 15.5. The van der Waals surface area contributed by atoms with Gasteiger partial charge in [0.25, 0.3) is 0 Å². The number of benzene rings is 1. The number of amides is 1. The normalized spacial score (nSPS) is 18.9. The third-order valence-corrected chi connectivity index (χ3v) is 3.60. The number of hydrogen-bond acceptors (Lipinski definition) is 2. The molecule has 7 heteroatoms. The van der Waals surface area contributed by atoms with E-state index in [4.69, 9.17) is 11.6 Å². The fraction of sp³-hybridized carbons (Fsp3) is 0.500. The number of carbonyl (C=O) groups is 1. The minimum absolute atomic E-state index is 0.121. The molecule has 1 heterocycles. The van der Waals surface area contributed by atoms with Gasteiger partial charge < -0.3 is 10.2 Å². The molecule has 1 fully saturated rings. The van der Waals surface area contributed by atoms with Crippen molar-refractivity contribution in [2.45, 2.75) is 31.5 Å². The van der Waals surface area contributed by atoms with Gasteiger partial charge in [0.2, 0.25) is 5.91 Å². The Balaban J connectivity index is 1.81. The quantitative estimate of drug-likeness (QED) is 0.922. The molecule has 0 bridgehead atoms. The monoisotopic (exact) mass is 320 g/mol. The largest absolute Gasteiger partial charge is 0.389 e. The van der Waals surface area contributed by atoms with Crippen LogP contribution in [0.1, 0.15) is 19.3 Å². The third kappa shape index (κ3) is 5.12. The first-order valence-electron chi connectivity index (χ1n) is 6.70. The highest BCUT2D eigenvalue weighted by molar-refractivity contribution is 6.30. The Morgan fingerprint density at radius 2 is 2.19 bits per heavy atom. The van der Waals surface area contributed by atoms with Crippen LogP contribution in [0, 0.1) is 0 Å². The van der Waals surface area contributed by atoms with Crippen molar-refractivity contribution < 1.29 is 18.0 Å². The van der Waals surface area contributed by atoms with Gasteiger partial charge in [0.15, 0.2) is 0 Å². The van der Waals surface area contributed by atoms with Gasteiger partial charge in [-0.05, 0) is 24.6 Å². The molecule has 0 spiro atoms. The van der Waals surface area contributed by atoms with Crippen molar-refractivity contribution in [3.8, 4) is 0 Å². The van der Waals surface area contributed by atoms with Crippen LogP contribution in [0.3, 0.4) is 0 Å². The van der Waals surface area contributed by atoms with E-state index in [-0.39, 0.29) is 6.04 Å². The number of nitrogens with zero attached hydrogens (tertiary/aromatic N) is 1. The van der Waals surface area contributed by atoms with Crippen LogP contribution < -0.4 is 10.2 Å². The molecule has 1 N–H and O–H groups in total. The second kappa shape index (κ2) is 6.56. The molecule has 0 aliphatic carbocycles. The maximum absolute atomic E-state index is 12.1. The van der Waals surface area contributed by atoms with E-state index in [1.807, 2.05) is 18.2 Å². The molecule has 2 rings (SSSR count). The van der Waals surface area contributed by atoms with Crippen LogP contribution >= 0.6 is 11.6 Å². The molecule has 0 saturated carbocycles. The lowest BCUT2D eigenvalue weighted by atomic mass is 10.2. The van der Waals surface area contributed by atoms with Gasteiger partial charge in [-0.2, -0.15) is 13.2 Å². The van der Waals surface area contributed by atoms with Crippen molar-refractivity contribution in [1.29, 1.82) is 0 Å². The lowest BCUT2D eigenvalue weighted by molar-refractivity contribution is -0.144. The number of anilines is 1. The van der Waals surface area contributed by atoms with Gasteiger partial charge in [0.1, 0.15) is 0 Å². The molecule has 1 aromatic carbocycles. The van der Waals surface area contributed by atoms with E-state index in [0.29, 0.717) is 18.0 Å². The number of nitrogens with one attached hydrogen (secondary N) is 1. The van der Waals surface area contributed by atoms with Gasteiger partial charge in [-0.3, -0.25) is 4.79 Å². The Bertz CT molecular complexity index is 507. The summed E-state index contributed by atoms with van der Waals surface area (Å²) >= 11 is 5.92. The smallest absolute Gasteiger partial charge is 0.369 e. The van der Waals surface area contributed by atoms with Crippen molar-refractivity contribution in [1.82, 2.24) is 5.32 Å². The lowest BCUT2D eigenvalue weighted by Gasteiger charge is -2.19. The molecule has 0 radical (unpaired) electrons. The van der Waals surface area contributed by atoms with Crippen molar-refractivity contribution >= 4 is 23.2 Å². The van der Waals surface area contributed by atoms with Gasteiger partial charge >= 0.3 is 6.18 Å². The summed E-state index contributed by atoms with van der Waals surface area (Å²) in [5.74, 6) is -0.551. The minimum Gasteiger partial charge on any atom is -0.369 e. The first-order chi connectivity index (χ1) is 9.83. The van der Waals surface area contributed by atoms with Gasteiger partial charge in [-0.15, -0.1) is 0 Å². The average Bonchev–Trinajstić information content (AvgIpc) is 2.84. The zero-order valence-corrected chi connectivity index (χ0v) is 12.0. The topological polar surface area (TPSA) is 32.3 Å². The molecule has 1 amide bonds. The minimum atomic E-state index is -4.29. The molecule has 116 valence electrons. The summed E-state index contributed by atoms with van der Waals surface area (Å²) in [7, 11) is 0. The van der Waals surface area contributed by atoms with E-state index < -0.39 is 24.9 Å². The molecule has 1 aliphatic rings. The van der Waals surface area contributed by atoms with Crippen LogP contribution in [0.4, 0.5) is 18.9 Å². The Morgan fingerprint density at radius 1 is 1.43 bits per heavy atom. The Morgan fingerprint density at radius 3 is 2.86 bits per heavy atom. The standard InChI is InChI=1S/C14H16ClF3N2O/c15-10-2-1-3-12(8-10)20-7-5-11(9-20)19-13(21)4-6-14(16,17)18/h1-3,8,11H,4-7,9H2,(H,19,21)/t11-/m0/s1. The molecule has 0 aromatic heterocycles. The van der Waals surface area contributed by atoms with Gasteiger partial charge in [0.05, 0.1) is 6.42 Å². The summed E-state index contributed by atoms with van der Waals surface area (Å²) in [5, 5.41) is 3.28. The Hall–Kier alpha value is -1.43. The molecule has 1 aliphatic heterocycles. The highest BCUT2D eigenvalue weighted by Crippen LogP contribution is 2.24. The second-order valence-corrected chi connectivity index (χ2v) is 5.53. The van der Waals surface area contributed by atoms with Crippen LogP contribution in [0.15, 0.2) is 24.3 Å². The third-order valence-electron chi connectivity index (χ3n) is 3.36. The summed E-state index contributed by atoms with van der Waals surface area (Å²) in [6.07, 6.45) is -5.18. The van der Waals surface area contributed by atoms with Crippen LogP contribution in [0.25, 0.3) is 0 Å². The molecule has 0 unspecified atom stereocenters. The number of carbonyl (C=O) groups excluding carboxylic acids is 1. The van der Waals surface area contributed by atoms with Gasteiger partial charge in [-0.25, -0.2) is 0 Å². The first kappa shape index (κ1) is 15.9. The van der Waals surface area contributed by atoms with Crippen molar-refractivity contribution in [2.24, 2.45) is 0 Å². The van der Waals surface area contributed by atoms with Crippen molar-refractivity contribution in [3.05, 3.63) is 29.3 Å². The number of alkyl halides is 3. The molecular weight excluding hydrogens is 305 g/mol. The van der Waals surface area contributed by atoms with E-state index in [1.165, 1.54) is 0 Å². The predicted molar refractivity (Wildman–Crippen MR) is 75.5 cm³/mol. The van der Waals surface area contributed by atoms with E-state index in [1.54, 1.807) is 6.07 Å². The number of halogens is 4. The maximum Gasteiger partial charge on any atom is 0.389 e. The van der Waals surface area contributed by atoms with Gasteiger partial charge in [0, 0.05) is 36.3 Å². The van der Waals surface area contributed by atoms with E-state index in [9.17, 15) is 18.0 Å². The summed E-state index contributed by atoms with van der Waals surface area (Å²) in [5.41, 5.74) is 0.953. The SMILES string of the molecule is O=C(CCC(F)(F)F)N[C@H]1CCN(c2cccc(Cl)c2)C1. The maximum atomic E-state index is 12.1. The molecule has 1 saturated heterocycles. The van der Waals surface area contributed by atoms with Crippen molar-refractivity contribution in [3.63, 3.8) is 0 Å².